The molecule has 3 nitrogen and oxygen atoms in total. The Morgan fingerprint density at radius 3 is 2.45 bits per heavy atom. The van der Waals surface area contributed by atoms with Crippen molar-refractivity contribution in [2.75, 3.05) is 20.2 Å². The van der Waals surface area contributed by atoms with Crippen molar-refractivity contribution in [1.82, 2.24) is 5.32 Å². The van der Waals surface area contributed by atoms with Gasteiger partial charge in [-0.2, -0.15) is 13.2 Å². The summed E-state index contributed by atoms with van der Waals surface area (Å²) in [5.41, 5.74) is -0.548. The zero-order valence-corrected chi connectivity index (χ0v) is 11.3. The number of carbonyl (C=O) groups is 1. The van der Waals surface area contributed by atoms with Gasteiger partial charge in [-0.25, -0.2) is 0 Å². The third-order valence-electron chi connectivity index (χ3n) is 3.97. The zero-order chi connectivity index (χ0) is 15.0. The van der Waals surface area contributed by atoms with Gasteiger partial charge < -0.3 is 10.1 Å². The molecule has 1 aromatic carbocycles. The molecular formula is C14H16F3NO2. The Morgan fingerprint density at radius 1 is 1.35 bits per heavy atom. The van der Waals surface area contributed by atoms with Crippen molar-refractivity contribution in [3.63, 3.8) is 0 Å². The number of benzene rings is 1. The summed E-state index contributed by atoms with van der Waals surface area (Å²) in [4.78, 5) is 11.8. The fourth-order valence-corrected chi connectivity index (χ4v) is 2.65. The first-order valence-electron chi connectivity index (χ1n) is 6.25. The molecular weight excluding hydrogens is 271 g/mol. The molecule has 0 amide bonds. The van der Waals surface area contributed by atoms with Crippen molar-refractivity contribution in [3.8, 4) is 0 Å². The first-order valence-corrected chi connectivity index (χ1v) is 6.25. The van der Waals surface area contributed by atoms with Crippen LogP contribution in [0.3, 0.4) is 0 Å². The molecule has 1 heterocycles. The number of hydrogen-bond donors (Lipinski definition) is 1. The summed E-state index contributed by atoms with van der Waals surface area (Å²) < 4.78 is 42.5. The molecule has 1 aliphatic rings. The number of rotatable bonds is 2. The molecule has 6 heteroatoms. The van der Waals surface area contributed by atoms with Crippen molar-refractivity contribution < 1.29 is 22.7 Å². The minimum atomic E-state index is -4.35. The molecule has 2 atom stereocenters. The molecule has 0 aliphatic carbocycles. The molecule has 1 N–H and O–H groups in total. The second-order valence-corrected chi connectivity index (χ2v) is 5.20. The van der Waals surface area contributed by atoms with Crippen molar-refractivity contribution >= 4 is 5.97 Å². The molecule has 2 unspecified atom stereocenters. The molecule has 0 bridgehead atoms. The molecule has 110 valence electrons. The van der Waals surface area contributed by atoms with E-state index in [-0.39, 0.29) is 5.97 Å². The highest BCUT2D eigenvalue weighted by Gasteiger charge is 2.45. The SMILES string of the molecule is COC(=O)C1CNCC1(C)c1ccc(C(F)(F)F)cc1. The average Bonchev–Trinajstić information content (AvgIpc) is 2.80. The van der Waals surface area contributed by atoms with E-state index in [1.165, 1.54) is 19.2 Å². The third-order valence-corrected chi connectivity index (χ3v) is 3.97. The van der Waals surface area contributed by atoms with Gasteiger partial charge in [0.05, 0.1) is 18.6 Å². The van der Waals surface area contributed by atoms with Gasteiger partial charge in [0.15, 0.2) is 0 Å². The minimum Gasteiger partial charge on any atom is -0.469 e. The summed E-state index contributed by atoms with van der Waals surface area (Å²) in [6, 6.07) is 4.97. The molecule has 1 aliphatic heterocycles. The third kappa shape index (κ3) is 2.52. The summed E-state index contributed by atoms with van der Waals surface area (Å²) in [6.45, 7) is 2.85. The second-order valence-electron chi connectivity index (χ2n) is 5.20. The van der Waals surface area contributed by atoms with Gasteiger partial charge in [-0.3, -0.25) is 4.79 Å². The van der Waals surface area contributed by atoms with Crippen LogP contribution in [0.2, 0.25) is 0 Å². The fourth-order valence-electron chi connectivity index (χ4n) is 2.65. The summed E-state index contributed by atoms with van der Waals surface area (Å²) in [6.07, 6.45) is -4.35. The number of nitrogens with one attached hydrogen (secondary N) is 1. The van der Waals surface area contributed by atoms with Crippen LogP contribution in [-0.2, 0) is 21.1 Å². The number of carbonyl (C=O) groups excluding carboxylic acids is 1. The van der Waals surface area contributed by atoms with E-state index in [1.807, 2.05) is 6.92 Å². The zero-order valence-electron chi connectivity index (χ0n) is 11.3. The van der Waals surface area contributed by atoms with Gasteiger partial charge in [-0.05, 0) is 17.7 Å². The average molecular weight is 287 g/mol. The maximum absolute atomic E-state index is 12.6. The molecule has 20 heavy (non-hydrogen) atoms. The quantitative estimate of drug-likeness (QED) is 0.849. The molecule has 1 aromatic rings. The lowest BCUT2D eigenvalue weighted by atomic mass is 9.74. The number of esters is 1. The highest BCUT2D eigenvalue weighted by Crippen LogP contribution is 2.37. The van der Waals surface area contributed by atoms with Crippen LogP contribution >= 0.6 is 0 Å². The Morgan fingerprint density at radius 2 is 1.95 bits per heavy atom. The van der Waals surface area contributed by atoms with Crippen LogP contribution in [0.5, 0.6) is 0 Å². The highest BCUT2D eigenvalue weighted by atomic mass is 19.4. The highest BCUT2D eigenvalue weighted by molar-refractivity contribution is 5.75. The Bertz CT molecular complexity index is 498. The minimum absolute atomic E-state index is 0.350. The summed E-state index contributed by atoms with van der Waals surface area (Å²) in [5.74, 6) is -0.748. The lowest BCUT2D eigenvalue weighted by Crippen LogP contribution is -2.37. The van der Waals surface area contributed by atoms with Crippen molar-refractivity contribution in [3.05, 3.63) is 35.4 Å². The Balaban J connectivity index is 2.32. The van der Waals surface area contributed by atoms with Crippen LogP contribution < -0.4 is 5.32 Å². The van der Waals surface area contributed by atoms with E-state index in [9.17, 15) is 18.0 Å². The van der Waals surface area contributed by atoms with Gasteiger partial charge >= 0.3 is 12.1 Å². The van der Waals surface area contributed by atoms with E-state index in [4.69, 9.17) is 4.74 Å². The molecule has 1 saturated heterocycles. The second kappa shape index (κ2) is 5.09. The maximum Gasteiger partial charge on any atom is 0.416 e. The van der Waals surface area contributed by atoms with E-state index in [2.05, 4.69) is 5.32 Å². The number of methoxy groups -OCH3 is 1. The lowest BCUT2D eigenvalue weighted by Gasteiger charge is -2.29. The predicted molar refractivity (Wildman–Crippen MR) is 67.2 cm³/mol. The Hall–Kier alpha value is -1.56. The number of halogens is 3. The van der Waals surface area contributed by atoms with Crippen molar-refractivity contribution in [2.45, 2.75) is 18.5 Å². The first-order chi connectivity index (χ1) is 9.29. The molecule has 0 aromatic heterocycles. The van der Waals surface area contributed by atoms with Crippen molar-refractivity contribution in [2.24, 2.45) is 5.92 Å². The standard InChI is InChI=1S/C14H16F3NO2/c1-13(8-18-7-11(13)12(19)20-2)9-3-5-10(6-4-9)14(15,16)17/h3-6,11,18H,7-8H2,1-2H3. The van der Waals surface area contributed by atoms with Crippen LogP contribution in [0.1, 0.15) is 18.1 Å². The Labute approximate surface area is 115 Å². The fraction of sp³-hybridized carbons (Fsp3) is 0.500. The van der Waals surface area contributed by atoms with E-state index in [0.29, 0.717) is 18.7 Å². The van der Waals surface area contributed by atoms with Gasteiger partial charge in [0, 0.05) is 18.5 Å². The van der Waals surface area contributed by atoms with Crippen LogP contribution in [0.15, 0.2) is 24.3 Å². The summed E-state index contributed by atoms with van der Waals surface area (Å²) in [7, 11) is 1.31. The van der Waals surface area contributed by atoms with Crippen LogP contribution in [0, 0.1) is 5.92 Å². The van der Waals surface area contributed by atoms with E-state index < -0.39 is 23.1 Å². The molecule has 0 spiro atoms. The summed E-state index contributed by atoms with van der Waals surface area (Å²) in [5, 5.41) is 3.10. The van der Waals surface area contributed by atoms with E-state index in [1.54, 1.807) is 0 Å². The van der Waals surface area contributed by atoms with Crippen LogP contribution in [0.25, 0.3) is 0 Å². The first kappa shape index (κ1) is 14.8. The normalized spacial score (nSPS) is 26.6. The topological polar surface area (TPSA) is 38.3 Å². The molecule has 0 saturated carbocycles. The van der Waals surface area contributed by atoms with Crippen LogP contribution in [-0.4, -0.2) is 26.2 Å². The largest absolute Gasteiger partial charge is 0.469 e. The number of hydrogen-bond acceptors (Lipinski definition) is 3. The number of alkyl halides is 3. The van der Waals surface area contributed by atoms with Gasteiger partial charge in [-0.1, -0.05) is 19.1 Å². The van der Waals surface area contributed by atoms with Crippen molar-refractivity contribution in [1.29, 1.82) is 0 Å². The monoisotopic (exact) mass is 287 g/mol. The van der Waals surface area contributed by atoms with Gasteiger partial charge in [-0.15, -0.1) is 0 Å². The molecule has 0 radical (unpaired) electrons. The van der Waals surface area contributed by atoms with Gasteiger partial charge in [0.1, 0.15) is 0 Å². The molecule has 1 fully saturated rings. The molecule has 2 rings (SSSR count). The summed E-state index contributed by atoms with van der Waals surface area (Å²) >= 11 is 0. The number of ether oxygens (including phenoxy) is 1. The smallest absolute Gasteiger partial charge is 0.416 e. The Kier molecular flexibility index (Phi) is 3.77. The van der Waals surface area contributed by atoms with Crippen LogP contribution in [0.4, 0.5) is 13.2 Å². The van der Waals surface area contributed by atoms with Gasteiger partial charge in [0.2, 0.25) is 0 Å². The maximum atomic E-state index is 12.6. The predicted octanol–water partition coefficient (Wildman–Crippen LogP) is 2.36. The van der Waals surface area contributed by atoms with E-state index in [0.717, 1.165) is 12.1 Å². The lowest BCUT2D eigenvalue weighted by molar-refractivity contribution is -0.146. The van der Waals surface area contributed by atoms with E-state index >= 15 is 0 Å². The van der Waals surface area contributed by atoms with Gasteiger partial charge in [0.25, 0.3) is 0 Å².